The number of carbonyl (C=O) groups excluding carboxylic acids is 2. The summed E-state index contributed by atoms with van der Waals surface area (Å²) in [7, 11) is 2.79. The van der Waals surface area contributed by atoms with Gasteiger partial charge in [-0.25, -0.2) is 4.79 Å². The van der Waals surface area contributed by atoms with Gasteiger partial charge in [-0.2, -0.15) is 11.8 Å². The van der Waals surface area contributed by atoms with Gasteiger partial charge in [0.05, 0.1) is 25.5 Å². The van der Waals surface area contributed by atoms with Crippen LogP contribution < -0.4 is 10.1 Å². The minimum absolute atomic E-state index is 0.240. The molecule has 2 aromatic rings. The van der Waals surface area contributed by atoms with Gasteiger partial charge in [-0.05, 0) is 42.2 Å². The van der Waals surface area contributed by atoms with Crippen molar-refractivity contribution >= 4 is 29.3 Å². The number of esters is 1. The van der Waals surface area contributed by atoms with Crippen molar-refractivity contribution in [2.45, 2.75) is 5.75 Å². The predicted molar refractivity (Wildman–Crippen MR) is 95.9 cm³/mol. The van der Waals surface area contributed by atoms with Crippen LogP contribution in [0, 0.1) is 0 Å². The Morgan fingerprint density at radius 3 is 2.38 bits per heavy atom. The number of amides is 1. The number of nitrogens with one attached hydrogen (secondary N) is 1. The van der Waals surface area contributed by atoms with Crippen molar-refractivity contribution in [1.29, 1.82) is 0 Å². The van der Waals surface area contributed by atoms with Crippen LogP contribution in [0.15, 0.2) is 42.5 Å². The fraction of sp³-hybridized carbons (Fsp3) is 0.222. The summed E-state index contributed by atoms with van der Waals surface area (Å²) < 4.78 is 9.87. The second kappa shape index (κ2) is 8.40. The number of anilines is 1. The van der Waals surface area contributed by atoms with Crippen LogP contribution >= 0.6 is 11.8 Å². The molecule has 6 heteroatoms. The van der Waals surface area contributed by atoms with Gasteiger partial charge >= 0.3 is 5.97 Å². The van der Waals surface area contributed by atoms with Crippen LogP contribution in [0.3, 0.4) is 0 Å². The van der Waals surface area contributed by atoms with E-state index < -0.39 is 5.97 Å². The predicted octanol–water partition coefficient (Wildman–Crippen LogP) is 3.60. The Labute approximate surface area is 145 Å². The van der Waals surface area contributed by atoms with Crippen LogP contribution in [0.4, 0.5) is 5.69 Å². The molecule has 0 saturated heterocycles. The van der Waals surface area contributed by atoms with Crippen molar-refractivity contribution in [1.82, 2.24) is 0 Å². The monoisotopic (exact) mass is 345 g/mol. The zero-order valence-corrected chi connectivity index (χ0v) is 14.6. The summed E-state index contributed by atoms with van der Waals surface area (Å²) in [5.74, 6) is 0.572. The molecule has 0 unspecified atom stereocenters. The molecule has 1 N–H and O–H groups in total. The zero-order chi connectivity index (χ0) is 17.5. The van der Waals surface area contributed by atoms with Crippen LogP contribution in [-0.2, 0) is 10.5 Å². The van der Waals surface area contributed by atoms with E-state index in [1.807, 2.05) is 18.4 Å². The molecule has 0 atom stereocenters. The van der Waals surface area contributed by atoms with Crippen molar-refractivity contribution in [3.63, 3.8) is 0 Å². The summed E-state index contributed by atoms with van der Waals surface area (Å²) in [6.07, 6.45) is 2.03. The van der Waals surface area contributed by atoms with Gasteiger partial charge < -0.3 is 14.8 Å². The molecule has 1 amide bonds. The summed E-state index contributed by atoms with van der Waals surface area (Å²) in [6, 6.07) is 12.2. The third kappa shape index (κ3) is 4.29. The van der Waals surface area contributed by atoms with E-state index >= 15 is 0 Å². The molecule has 0 fully saturated rings. The van der Waals surface area contributed by atoms with Gasteiger partial charge in [0.25, 0.3) is 5.91 Å². The molecule has 0 aliphatic rings. The standard InChI is InChI=1S/C18H19NO4S/c1-22-14-8-9-16(15(10-14)18(21)23-2)19-17(20)13-6-4-12(5-7-13)11-24-3/h4-10H,11H2,1-3H3,(H,19,20). The first kappa shape index (κ1) is 17.9. The largest absolute Gasteiger partial charge is 0.497 e. The first-order valence-electron chi connectivity index (χ1n) is 7.24. The fourth-order valence-electron chi connectivity index (χ4n) is 2.15. The second-order valence-electron chi connectivity index (χ2n) is 4.99. The molecule has 0 heterocycles. The Kier molecular flexibility index (Phi) is 6.26. The molecule has 2 aromatic carbocycles. The Morgan fingerprint density at radius 2 is 1.79 bits per heavy atom. The molecule has 24 heavy (non-hydrogen) atoms. The van der Waals surface area contributed by atoms with Crippen LogP contribution in [0.25, 0.3) is 0 Å². The van der Waals surface area contributed by atoms with Crippen molar-refractivity contribution in [2.24, 2.45) is 0 Å². The summed E-state index contributed by atoms with van der Waals surface area (Å²) in [5.41, 5.74) is 2.29. The van der Waals surface area contributed by atoms with Gasteiger partial charge in [0.1, 0.15) is 5.75 Å². The first-order chi connectivity index (χ1) is 11.6. The summed E-state index contributed by atoms with van der Waals surface area (Å²) in [6.45, 7) is 0. The Bertz CT molecular complexity index is 728. The van der Waals surface area contributed by atoms with E-state index in [9.17, 15) is 9.59 Å². The Balaban J connectivity index is 2.23. The lowest BCUT2D eigenvalue weighted by Crippen LogP contribution is -2.15. The number of carbonyl (C=O) groups is 2. The highest BCUT2D eigenvalue weighted by Gasteiger charge is 2.16. The summed E-state index contributed by atoms with van der Waals surface area (Å²) in [4.78, 5) is 24.3. The lowest BCUT2D eigenvalue weighted by molar-refractivity contribution is 0.0601. The Morgan fingerprint density at radius 1 is 1.08 bits per heavy atom. The molecule has 5 nitrogen and oxygen atoms in total. The molecule has 0 aromatic heterocycles. The van der Waals surface area contributed by atoms with E-state index in [0.717, 1.165) is 11.3 Å². The van der Waals surface area contributed by atoms with Gasteiger partial charge in [0.2, 0.25) is 0 Å². The molecule has 126 valence electrons. The number of benzene rings is 2. The number of hydrogen-bond acceptors (Lipinski definition) is 5. The average Bonchev–Trinajstić information content (AvgIpc) is 2.62. The summed E-state index contributed by atoms with van der Waals surface area (Å²) in [5, 5.41) is 2.74. The van der Waals surface area contributed by atoms with Gasteiger partial charge in [-0.3, -0.25) is 4.79 Å². The van der Waals surface area contributed by atoms with Crippen molar-refractivity contribution in [3.05, 3.63) is 59.2 Å². The van der Waals surface area contributed by atoms with E-state index in [2.05, 4.69) is 5.32 Å². The van der Waals surface area contributed by atoms with Crippen LogP contribution in [-0.4, -0.2) is 32.4 Å². The third-order valence-corrected chi connectivity index (χ3v) is 4.03. The van der Waals surface area contributed by atoms with Gasteiger partial charge in [0.15, 0.2) is 0 Å². The molecule has 0 bridgehead atoms. The number of methoxy groups -OCH3 is 2. The SMILES string of the molecule is COC(=O)c1cc(OC)ccc1NC(=O)c1ccc(CSC)cc1. The maximum Gasteiger partial charge on any atom is 0.340 e. The quantitative estimate of drug-likeness (QED) is 0.811. The minimum atomic E-state index is -0.542. The van der Waals surface area contributed by atoms with E-state index in [1.165, 1.54) is 20.3 Å². The van der Waals surface area contributed by atoms with Crippen LogP contribution in [0.5, 0.6) is 5.75 Å². The molecule has 2 rings (SSSR count). The van der Waals surface area contributed by atoms with Gasteiger partial charge in [0, 0.05) is 11.3 Å². The number of thioether (sulfide) groups is 1. The van der Waals surface area contributed by atoms with E-state index in [4.69, 9.17) is 9.47 Å². The third-order valence-electron chi connectivity index (χ3n) is 3.41. The molecule has 0 aliphatic carbocycles. The van der Waals surface area contributed by atoms with E-state index in [1.54, 1.807) is 36.0 Å². The highest BCUT2D eigenvalue weighted by molar-refractivity contribution is 7.97. The van der Waals surface area contributed by atoms with E-state index in [-0.39, 0.29) is 11.5 Å². The molecular formula is C18H19NO4S. The smallest absolute Gasteiger partial charge is 0.340 e. The van der Waals surface area contributed by atoms with Crippen LogP contribution in [0.1, 0.15) is 26.3 Å². The maximum atomic E-state index is 12.4. The first-order valence-corrected chi connectivity index (χ1v) is 8.64. The normalized spacial score (nSPS) is 10.1. The Hall–Kier alpha value is -2.47. The molecule has 0 saturated carbocycles. The molecule has 0 spiro atoms. The fourth-order valence-corrected chi connectivity index (χ4v) is 2.68. The van der Waals surface area contributed by atoms with Gasteiger partial charge in [-0.1, -0.05) is 12.1 Å². The number of ether oxygens (including phenoxy) is 2. The minimum Gasteiger partial charge on any atom is -0.497 e. The van der Waals surface area contributed by atoms with Gasteiger partial charge in [-0.15, -0.1) is 0 Å². The number of hydrogen-bond donors (Lipinski definition) is 1. The van der Waals surface area contributed by atoms with E-state index in [0.29, 0.717) is 17.0 Å². The summed E-state index contributed by atoms with van der Waals surface area (Å²) >= 11 is 1.72. The topological polar surface area (TPSA) is 64.6 Å². The average molecular weight is 345 g/mol. The van der Waals surface area contributed by atoms with Crippen molar-refractivity contribution < 1.29 is 19.1 Å². The maximum absolute atomic E-state index is 12.4. The van der Waals surface area contributed by atoms with Crippen molar-refractivity contribution in [3.8, 4) is 5.75 Å². The van der Waals surface area contributed by atoms with Crippen LogP contribution in [0.2, 0.25) is 0 Å². The lowest BCUT2D eigenvalue weighted by Gasteiger charge is -2.11. The highest BCUT2D eigenvalue weighted by atomic mass is 32.2. The molecule has 0 radical (unpaired) electrons. The highest BCUT2D eigenvalue weighted by Crippen LogP contribution is 2.23. The van der Waals surface area contributed by atoms with Crippen molar-refractivity contribution in [2.75, 3.05) is 25.8 Å². The second-order valence-corrected chi connectivity index (χ2v) is 5.85. The number of rotatable bonds is 6. The zero-order valence-electron chi connectivity index (χ0n) is 13.8. The molecular weight excluding hydrogens is 326 g/mol. The lowest BCUT2D eigenvalue weighted by atomic mass is 10.1. The molecule has 0 aliphatic heterocycles.